The van der Waals surface area contributed by atoms with Crippen LogP contribution in [0.5, 0.6) is 5.75 Å². The zero-order valence-corrected chi connectivity index (χ0v) is 11.0. The van der Waals surface area contributed by atoms with E-state index in [9.17, 15) is 9.50 Å². The van der Waals surface area contributed by atoms with Crippen LogP contribution in [0.4, 0.5) is 4.39 Å². The lowest BCUT2D eigenvalue weighted by atomic mass is 9.78. The first-order valence-corrected chi connectivity index (χ1v) is 6.64. The van der Waals surface area contributed by atoms with Crippen molar-refractivity contribution < 1.29 is 14.2 Å². The third-order valence-corrected chi connectivity index (χ3v) is 4.04. The van der Waals surface area contributed by atoms with Gasteiger partial charge in [0.1, 0.15) is 0 Å². The van der Waals surface area contributed by atoms with Crippen LogP contribution in [0, 0.1) is 17.7 Å². The second-order valence-electron chi connectivity index (χ2n) is 5.33. The van der Waals surface area contributed by atoms with Gasteiger partial charge in [-0.1, -0.05) is 31.9 Å². The lowest BCUT2D eigenvalue weighted by Crippen LogP contribution is -2.20. The van der Waals surface area contributed by atoms with Crippen LogP contribution < -0.4 is 4.74 Å². The van der Waals surface area contributed by atoms with Gasteiger partial charge in [0.05, 0.1) is 13.2 Å². The van der Waals surface area contributed by atoms with E-state index in [0.717, 1.165) is 31.6 Å². The van der Waals surface area contributed by atoms with E-state index in [2.05, 4.69) is 6.92 Å². The van der Waals surface area contributed by atoms with E-state index in [1.807, 2.05) is 0 Å². The normalized spacial score (nSPS) is 25.8. The molecule has 1 unspecified atom stereocenters. The molecule has 3 heteroatoms. The van der Waals surface area contributed by atoms with Crippen molar-refractivity contribution in [3.63, 3.8) is 0 Å². The summed E-state index contributed by atoms with van der Waals surface area (Å²) in [6, 6.07) is 4.96. The minimum Gasteiger partial charge on any atom is -0.494 e. The fourth-order valence-corrected chi connectivity index (χ4v) is 2.77. The highest BCUT2D eigenvalue weighted by atomic mass is 19.1. The fourth-order valence-electron chi connectivity index (χ4n) is 2.77. The van der Waals surface area contributed by atoms with Gasteiger partial charge in [-0.15, -0.1) is 0 Å². The summed E-state index contributed by atoms with van der Waals surface area (Å²) in [5.74, 6) is 0.674. The summed E-state index contributed by atoms with van der Waals surface area (Å²) in [6.07, 6.45) is 3.46. The van der Waals surface area contributed by atoms with Crippen LogP contribution in [0.2, 0.25) is 0 Å². The Kier molecular flexibility index (Phi) is 4.23. The van der Waals surface area contributed by atoms with E-state index in [0.29, 0.717) is 5.56 Å². The second-order valence-corrected chi connectivity index (χ2v) is 5.33. The van der Waals surface area contributed by atoms with E-state index in [-0.39, 0.29) is 11.7 Å². The number of ether oxygens (including phenoxy) is 1. The van der Waals surface area contributed by atoms with Gasteiger partial charge in [-0.25, -0.2) is 4.39 Å². The molecule has 0 bridgehead atoms. The fraction of sp³-hybridized carbons (Fsp3) is 0.600. The molecule has 0 saturated heterocycles. The molecular formula is C15H21FO2. The largest absolute Gasteiger partial charge is 0.494 e. The molecule has 0 aliphatic heterocycles. The minimum absolute atomic E-state index is 0.169. The van der Waals surface area contributed by atoms with Crippen LogP contribution in [0.3, 0.4) is 0 Å². The summed E-state index contributed by atoms with van der Waals surface area (Å²) in [6.45, 7) is 2.23. The molecule has 0 heterocycles. The van der Waals surface area contributed by atoms with Crippen LogP contribution >= 0.6 is 0 Å². The third kappa shape index (κ3) is 2.66. The number of aliphatic hydroxyl groups excluding tert-OH is 1. The monoisotopic (exact) mass is 252 g/mol. The highest BCUT2D eigenvalue weighted by molar-refractivity contribution is 5.32. The predicted molar refractivity (Wildman–Crippen MR) is 69.0 cm³/mol. The SMILES string of the molecule is COc1cccc(C(O)C2CCC(C)CC2)c1F. The minimum atomic E-state index is -0.715. The summed E-state index contributed by atoms with van der Waals surface area (Å²) >= 11 is 0. The van der Waals surface area contributed by atoms with Crippen LogP contribution in [0.15, 0.2) is 18.2 Å². The molecule has 1 N–H and O–H groups in total. The van der Waals surface area contributed by atoms with E-state index in [1.54, 1.807) is 18.2 Å². The lowest BCUT2D eigenvalue weighted by Gasteiger charge is -2.30. The molecule has 100 valence electrons. The number of halogens is 1. The molecule has 0 aromatic heterocycles. The first kappa shape index (κ1) is 13.3. The van der Waals surface area contributed by atoms with Gasteiger partial charge in [0.2, 0.25) is 0 Å². The highest BCUT2D eigenvalue weighted by Crippen LogP contribution is 2.38. The average Bonchev–Trinajstić information content (AvgIpc) is 2.39. The number of rotatable bonds is 3. The maximum Gasteiger partial charge on any atom is 0.170 e. The van der Waals surface area contributed by atoms with Gasteiger partial charge in [-0.2, -0.15) is 0 Å². The second kappa shape index (κ2) is 5.70. The van der Waals surface area contributed by atoms with Gasteiger partial charge in [0.25, 0.3) is 0 Å². The van der Waals surface area contributed by atoms with E-state index in [1.165, 1.54) is 7.11 Å². The number of hydrogen-bond donors (Lipinski definition) is 1. The quantitative estimate of drug-likeness (QED) is 0.889. The molecule has 1 aromatic rings. The Balaban J connectivity index is 2.15. The molecule has 0 spiro atoms. The Bertz CT molecular complexity index is 397. The molecule has 0 radical (unpaired) electrons. The summed E-state index contributed by atoms with van der Waals surface area (Å²) < 4.78 is 19.0. The molecule has 2 nitrogen and oxygen atoms in total. The first-order valence-electron chi connectivity index (χ1n) is 6.64. The van der Waals surface area contributed by atoms with E-state index >= 15 is 0 Å². The Morgan fingerprint density at radius 1 is 1.28 bits per heavy atom. The zero-order chi connectivity index (χ0) is 13.1. The molecule has 1 aromatic carbocycles. The number of aliphatic hydroxyl groups is 1. The molecule has 2 rings (SSSR count). The maximum atomic E-state index is 14.1. The third-order valence-electron chi connectivity index (χ3n) is 4.04. The van der Waals surface area contributed by atoms with Crippen molar-refractivity contribution in [1.29, 1.82) is 0 Å². The smallest absolute Gasteiger partial charge is 0.170 e. The Morgan fingerprint density at radius 3 is 2.56 bits per heavy atom. The van der Waals surface area contributed by atoms with Crippen LogP contribution in [0.25, 0.3) is 0 Å². The summed E-state index contributed by atoms with van der Waals surface area (Å²) in [5.41, 5.74) is 0.369. The predicted octanol–water partition coefficient (Wildman–Crippen LogP) is 3.69. The molecule has 1 fully saturated rings. The molecule has 1 atom stereocenters. The summed E-state index contributed by atoms with van der Waals surface area (Å²) in [4.78, 5) is 0. The molecule has 1 aliphatic rings. The van der Waals surface area contributed by atoms with Crippen molar-refractivity contribution in [2.24, 2.45) is 11.8 Å². The zero-order valence-electron chi connectivity index (χ0n) is 11.0. The lowest BCUT2D eigenvalue weighted by molar-refractivity contribution is 0.0722. The van der Waals surface area contributed by atoms with E-state index < -0.39 is 11.9 Å². The average molecular weight is 252 g/mol. The van der Waals surface area contributed by atoms with Crippen LogP contribution in [-0.4, -0.2) is 12.2 Å². The van der Waals surface area contributed by atoms with Crippen LogP contribution in [0.1, 0.15) is 44.3 Å². The van der Waals surface area contributed by atoms with Gasteiger partial charge < -0.3 is 9.84 Å². The highest BCUT2D eigenvalue weighted by Gasteiger charge is 2.28. The van der Waals surface area contributed by atoms with Gasteiger partial charge in [-0.05, 0) is 30.7 Å². The van der Waals surface area contributed by atoms with Crippen molar-refractivity contribution >= 4 is 0 Å². The van der Waals surface area contributed by atoms with Crippen molar-refractivity contribution in [3.8, 4) is 5.75 Å². The summed E-state index contributed by atoms with van der Waals surface area (Å²) in [5, 5.41) is 10.3. The Labute approximate surface area is 108 Å². The topological polar surface area (TPSA) is 29.5 Å². The first-order chi connectivity index (χ1) is 8.63. The molecule has 1 aliphatic carbocycles. The Morgan fingerprint density at radius 2 is 1.94 bits per heavy atom. The standard InChI is InChI=1S/C15H21FO2/c1-10-6-8-11(9-7-10)15(17)12-4-3-5-13(18-2)14(12)16/h3-5,10-11,15,17H,6-9H2,1-2H3. The van der Waals surface area contributed by atoms with Gasteiger partial charge >= 0.3 is 0 Å². The van der Waals surface area contributed by atoms with Crippen molar-refractivity contribution in [3.05, 3.63) is 29.6 Å². The maximum absolute atomic E-state index is 14.1. The molecule has 0 amide bonds. The molecular weight excluding hydrogens is 231 g/mol. The van der Waals surface area contributed by atoms with Gasteiger partial charge in [-0.3, -0.25) is 0 Å². The van der Waals surface area contributed by atoms with Gasteiger partial charge in [0, 0.05) is 5.56 Å². The van der Waals surface area contributed by atoms with Crippen molar-refractivity contribution in [2.75, 3.05) is 7.11 Å². The number of hydrogen-bond acceptors (Lipinski definition) is 2. The molecule has 1 saturated carbocycles. The Hall–Kier alpha value is -1.09. The summed E-state index contributed by atoms with van der Waals surface area (Å²) in [7, 11) is 1.44. The van der Waals surface area contributed by atoms with Crippen LogP contribution in [-0.2, 0) is 0 Å². The number of benzene rings is 1. The van der Waals surface area contributed by atoms with Crippen molar-refractivity contribution in [2.45, 2.75) is 38.7 Å². The van der Waals surface area contributed by atoms with Crippen molar-refractivity contribution in [1.82, 2.24) is 0 Å². The number of methoxy groups -OCH3 is 1. The van der Waals surface area contributed by atoms with Gasteiger partial charge in [0.15, 0.2) is 11.6 Å². The molecule has 18 heavy (non-hydrogen) atoms. The van der Waals surface area contributed by atoms with E-state index in [4.69, 9.17) is 4.74 Å².